The Bertz CT molecular complexity index is 2710. The molecule has 2 heteroatoms. The van der Waals surface area contributed by atoms with E-state index in [9.17, 15) is 0 Å². The Balaban J connectivity index is 0.969. The van der Waals surface area contributed by atoms with E-state index in [1.807, 2.05) is 0 Å². The summed E-state index contributed by atoms with van der Waals surface area (Å²) in [7, 11) is 4.41. The number of aromatic nitrogens is 1. The largest absolute Gasteiger partial charge is 0.367 e. The van der Waals surface area contributed by atoms with Gasteiger partial charge in [0.2, 0.25) is 0 Å². The first-order valence-corrected chi connectivity index (χ1v) is 18.2. The average Bonchev–Trinajstić information content (AvgIpc) is 3.66. The van der Waals surface area contributed by atoms with Crippen molar-refractivity contribution in [1.29, 1.82) is 0 Å². The number of nitrogens with zero attached hydrogens (tertiary/aromatic N) is 2. The summed E-state index contributed by atoms with van der Waals surface area (Å²) in [6.45, 7) is 0. The number of allylic oxidation sites excluding steroid dienone is 2. The number of hydrogen-bond acceptors (Lipinski definition) is 1. The SMILES string of the molecule is CN1c2cc(-c3cccc(-c4cccc(-c5ccc6c(c5)c5cc(-c7ccccc7)ccc5n6C)c4)c3)ccc2C2C=CC(c3ccccc3)=CC21. The van der Waals surface area contributed by atoms with Crippen LogP contribution in [0.2, 0.25) is 0 Å². The Morgan fingerprint density at radius 3 is 1.50 bits per heavy atom. The molecule has 0 saturated carbocycles. The van der Waals surface area contributed by atoms with Crippen molar-refractivity contribution in [3.63, 3.8) is 0 Å². The van der Waals surface area contributed by atoms with Crippen molar-refractivity contribution in [3.8, 4) is 44.5 Å². The number of aryl methyl sites for hydroxylation is 1. The van der Waals surface area contributed by atoms with E-state index in [1.165, 1.54) is 88.7 Å². The zero-order valence-electron chi connectivity index (χ0n) is 29.4. The monoisotopic (exact) mass is 666 g/mol. The van der Waals surface area contributed by atoms with Crippen LogP contribution in [0.3, 0.4) is 0 Å². The topological polar surface area (TPSA) is 8.17 Å². The second-order valence-electron chi connectivity index (χ2n) is 14.3. The van der Waals surface area contributed by atoms with Crippen LogP contribution in [0, 0.1) is 0 Å². The van der Waals surface area contributed by atoms with Crippen molar-refractivity contribution < 1.29 is 0 Å². The third-order valence-corrected chi connectivity index (χ3v) is 11.4. The van der Waals surface area contributed by atoms with Gasteiger partial charge >= 0.3 is 0 Å². The number of anilines is 1. The van der Waals surface area contributed by atoms with Crippen LogP contribution in [0.4, 0.5) is 5.69 Å². The van der Waals surface area contributed by atoms with Gasteiger partial charge in [0.05, 0.1) is 6.04 Å². The second-order valence-corrected chi connectivity index (χ2v) is 14.3. The van der Waals surface area contributed by atoms with E-state index in [2.05, 4.69) is 206 Å². The van der Waals surface area contributed by atoms with Crippen molar-refractivity contribution >= 4 is 33.1 Å². The van der Waals surface area contributed by atoms with Crippen molar-refractivity contribution in [2.24, 2.45) is 7.05 Å². The molecule has 1 aliphatic heterocycles. The molecule has 0 spiro atoms. The number of fused-ring (bicyclic) bond motifs is 6. The highest BCUT2D eigenvalue weighted by atomic mass is 15.2. The first-order valence-electron chi connectivity index (χ1n) is 18.2. The maximum atomic E-state index is 2.46. The van der Waals surface area contributed by atoms with Gasteiger partial charge in [-0.15, -0.1) is 0 Å². The molecule has 0 fully saturated rings. The Morgan fingerprint density at radius 2 is 0.904 bits per heavy atom. The van der Waals surface area contributed by atoms with Gasteiger partial charge in [-0.2, -0.15) is 0 Å². The lowest BCUT2D eigenvalue weighted by Gasteiger charge is -2.26. The first-order chi connectivity index (χ1) is 25.6. The van der Waals surface area contributed by atoms with E-state index in [1.54, 1.807) is 0 Å². The predicted octanol–water partition coefficient (Wildman–Crippen LogP) is 12.6. The average molecular weight is 667 g/mol. The molecule has 2 unspecified atom stereocenters. The normalized spacial score (nSPS) is 16.3. The highest BCUT2D eigenvalue weighted by Crippen LogP contribution is 2.46. The second kappa shape index (κ2) is 12.1. The zero-order chi connectivity index (χ0) is 34.8. The lowest BCUT2D eigenvalue weighted by molar-refractivity contribution is 0.725. The molecular formula is C50H38N2. The van der Waals surface area contributed by atoms with Crippen LogP contribution in [0.25, 0.3) is 71.9 Å². The molecule has 52 heavy (non-hydrogen) atoms. The third kappa shape index (κ3) is 5.02. The van der Waals surface area contributed by atoms with Crippen molar-refractivity contribution in [2.75, 3.05) is 11.9 Å². The van der Waals surface area contributed by atoms with Gasteiger partial charge in [0.25, 0.3) is 0 Å². The lowest BCUT2D eigenvalue weighted by atomic mass is 9.86. The molecule has 248 valence electrons. The fourth-order valence-corrected chi connectivity index (χ4v) is 8.56. The van der Waals surface area contributed by atoms with Crippen LogP contribution in [-0.2, 0) is 7.05 Å². The molecule has 0 N–H and O–H groups in total. The van der Waals surface area contributed by atoms with Crippen molar-refractivity contribution in [1.82, 2.24) is 4.57 Å². The number of likely N-dealkylation sites (N-methyl/N-ethyl adjacent to an activating group) is 1. The van der Waals surface area contributed by atoms with E-state index >= 15 is 0 Å². The number of benzene rings is 7. The molecule has 7 aromatic carbocycles. The van der Waals surface area contributed by atoms with Crippen molar-refractivity contribution in [2.45, 2.75) is 12.0 Å². The maximum Gasteiger partial charge on any atom is 0.0583 e. The lowest BCUT2D eigenvalue weighted by Crippen LogP contribution is -2.29. The molecule has 2 aliphatic rings. The van der Waals surface area contributed by atoms with Crippen molar-refractivity contribution in [3.05, 3.63) is 193 Å². The number of rotatable bonds is 5. The van der Waals surface area contributed by atoms with Crippen LogP contribution < -0.4 is 4.90 Å². The van der Waals surface area contributed by atoms with Crippen LogP contribution in [0.1, 0.15) is 17.0 Å². The quantitative estimate of drug-likeness (QED) is 0.177. The Morgan fingerprint density at radius 1 is 0.423 bits per heavy atom. The van der Waals surface area contributed by atoms with Crippen LogP contribution in [-0.4, -0.2) is 17.7 Å². The summed E-state index contributed by atoms with van der Waals surface area (Å²) in [6, 6.07) is 60.5. The summed E-state index contributed by atoms with van der Waals surface area (Å²) in [4.78, 5) is 2.46. The third-order valence-electron chi connectivity index (χ3n) is 11.4. The maximum absolute atomic E-state index is 2.46. The Kier molecular flexibility index (Phi) is 7.11. The zero-order valence-corrected chi connectivity index (χ0v) is 29.4. The summed E-state index contributed by atoms with van der Waals surface area (Å²) < 4.78 is 2.31. The Labute approximate surface area is 305 Å². The van der Waals surface area contributed by atoms with Gasteiger partial charge < -0.3 is 9.47 Å². The van der Waals surface area contributed by atoms with Gasteiger partial charge in [-0.25, -0.2) is 0 Å². The van der Waals surface area contributed by atoms with Gasteiger partial charge in [-0.05, 0) is 104 Å². The standard InChI is InChI=1S/C50H38N2/c1-51-47-25-21-39(33-11-5-3-6-12-33)29-45(47)46-30-40(22-26-48(46)51)37-17-9-15-35(27-37)36-16-10-18-38(28-36)42-20-24-44-43-23-19-41(34-13-7-4-8-14-34)31-49(43)52(2)50(44)32-42/h3-32,43,49H,1-2H3. The van der Waals surface area contributed by atoms with Gasteiger partial charge in [-0.3, -0.25) is 0 Å². The molecule has 0 saturated heterocycles. The predicted molar refractivity (Wildman–Crippen MR) is 221 cm³/mol. The molecule has 0 amide bonds. The molecule has 1 aliphatic carbocycles. The summed E-state index contributed by atoms with van der Waals surface area (Å²) in [5.41, 5.74) is 17.6. The molecule has 1 aromatic heterocycles. The van der Waals surface area contributed by atoms with Gasteiger partial charge in [0.1, 0.15) is 0 Å². The van der Waals surface area contributed by atoms with E-state index in [-0.39, 0.29) is 0 Å². The van der Waals surface area contributed by atoms with Gasteiger partial charge in [0.15, 0.2) is 0 Å². The molecule has 8 aromatic rings. The fraction of sp³-hybridized carbons (Fsp3) is 0.0800. The molecule has 2 heterocycles. The van der Waals surface area contributed by atoms with Crippen LogP contribution in [0.5, 0.6) is 0 Å². The summed E-state index contributed by atoms with van der Waals surface area (Å²) in [5.74, 6) is 0.370. The van der Waals surface area contributed by atoms with Crippen LogP contribution >= 0.6 is 0 Å². The van der Waals surface area contributed by atoms with Gasteiger partial charge in [0, 0.05) is 47.5 Å². The van der Waals surface area contributed by atoms with Crippen LogP contribution in [0.15, 0.2) is 182 Å². The molecule has 10 rings (SSSR count). The molecule has 2 atom stereocenters. The fourth-order valence-electron chi connectivity index (χ4n) is 8.56. The smallest absolute Gasteiger partial charge is 0.0583 e. The van der Waals surface area contributed by atoms with E-state index in [0.717, 1.165) is 0 Å². The molecular weight excluding hydrogens is 629 g/mol. The summed E-state index contributed by atoms with van der Waals surface area (Å²) in [6.07, 6.45) is 7.13. The molecule has 2 nitrogen and oxygen atoms in total. The minimum Gasteiger partial charge on any atom is -0.367 e. The highest BCUT2D eigenvalue weighted by Gasteiger charge is 2.35. The molecule has 0 radical (unpaired) electrons. The van der Waals surface area contributed by atoms with E-state index in [4.69, 9.17) is 0 Å². The highest BCUT2D eigenvalue weighted by molar-refractivity contribution is 6.10. The molecule has 0 bridgehead atoms. The van der Waals surface area contributed by atoms with E-state index in [0.29, 0.717) is 12.0 Å². The summed E-state index contributed by atoms with van der Waals surface area (Å²) in [5, 5.41) is 2.57. The summed E-state index contributed by atoms with van der Waals surface area (Å²) >= 11 is 0. The van der Waals surface area contributed by atoms with E-state index < -0.39 is 0 Å². The minimum atomic E-state index is 0.318. The minimum absolute atomic E-state index is 0.318. The number of hydrogen-bond donors (Lipinski definition) is 0. The van der Waals surface area contributed by atoms with Gasteiger partial charge in [-0.1, -0.05) is 140 Å². The Hall–Kier alpha value is -6.38. The first kappa shape index (κ1) is 30.4.